The van der Waals surface area contributed by atoms with E-state index in [1.165, 1.54) is 16.9 Å². The van der Waals surface area contributed by atoms with Gasteiger partial charge in [-0.05, 0) is 37.1 Å². The van der Waals surface area contributed by atoms with Crippen LogP contribution in [0.3, 0.4) is 0 Å². The summed E-state index contributed by atoms with van der Waals surface area (Å²) in [5.41, 5.74) is 7.29. The minimum absolute atomic E-state index is 0. The van der Waals surface area contributed by atoms with Crippen LogP contribution in [0.5, 0.6) is 0 Å². The molecule has 2 aromatic rings. The van der Waals surface area contributed by atoms with E-state index in [9.17, 15) is 4.79 Å². The molecule has 0 spiro atoms. The van der Waals surface area contributed by atoms with Crippen LogP contribution in [0.1, 0.15) is 33.9 Å². The van der Waals surface area contributed by atoms with Crippen molar-refractivity contribution in [1.82, 2.24) is 10.3 Å². The van der Waals surface area contributed by atoms with Crippen molar-refractivity contribution in [3.8, 4) is 0 Å². The number of hydrogen-bond acceptors (Lipinski definition) is 4. The third kappa shape index (κ3) is 4.23. The van der Waals surface area contributed by atoms with E-state index in [1.54, 1.807) is 5.38 Å². The number of amides is 1. The predicted octanol–water partition coefficient (Wildman–Crippen LogP) is 3.18. The van der Waals surface area contributed by atoms with Crippen molar-refractivity contribution in [2.75, 3.05) is 13.1 Å². The third-order valence-electron chi connectivity index (χ3n) is 4.04. The zero-order valence-electron chi connectivity index (χ0n) is 12.5. The van der Waals surface area contributed by atoms with E-state index in [0.29, 0.717) is 25.2 Å². The number of rotatable bonds is 6. The molecule has 7 heteroatoms. The minimum Gasteiger partial charge on any atom is -0.350 e. The quantitative estimate of drug-likeness (QED) is 0.818. The zero-order valence-corrected chi connectivity index (χ0v) is 14.9. The van der Waals surface area contributed by atoms with Gasteiger partial charge in [0.25, 0.3) is 5.91 Å². The smallest absolute Gasteiger partial charge is 0.270 e. The third-order valence-corrected chi connectivity index (χ3v) is 5.20. The highest BCUT2D eigenvalue weighted by atomic mass is 35.5. The van der Waals surface area contributed by atoms with Crippen molar-refractivity contribution in [2.45, 2.75) is 24.7 Å². The summed E-state index contributed by atoms with van der Waals surface area (Å²) in [6.45, 7) is 1.19. The Morgan fingerprint density at radius 2 is 2.04 bits per heavy atom. The molecule has 0 atom stereocenters. The van der Waals surface area contributed by atoms with Crippen LogP contribution >= 0.6 is 35.3 Å². The average Bonchev–Trinajstić information content (AvgIpc) is 3.17. The van der Waals surface area contributed by atoms with Crippen LogP contribution in [-0.4, -0.2) is 24.0 Å². The largest absolute Gasteiger partial charge is 0.350 e. The van der Waals surface area contributed by atoms with Gasteiger partial charge >= 0.3 is 0 Å². The van der Waals surface area contributed by atoms with E-state index in [1.807, 2.05) is 24.3 Å². The molecule has 23 heavy (non-hydrogen) atoms. The molecule has 4 nitrogen and oxygen atoms in total. The molecule has 1 amide bonds. The van der Waals surface area contributed by atoms with Gasteiger partial charge in [0.1, 0.15) is 5.69 Å². The van der Waals surface area contributed by atoms with E-state index in [-0.39, 0.29) is 23.7 Å². The Morgan fingerprint density at radius 1 is 1.35 bits per heavy atom. The molecule has 0 saturated heterocycles. The van der Waals surface area contributed by atoms with Gasteiger partial charge in [0.05, 0.1) is 5.01 Å². The summed E-state index contributed by atoms with van der Waals surface area (Å²) in [6, 6.07) is 7.89. The van der Waals surface area contributed by atoms with E-state index in [2.05, 4.69) is 10.3 Å². The number of carbonyl (C=O) groups excluding carboxylic acids is 1. The highest BCUT2D eigenvalue weighted by molar-refractivity contribution is 7.09. The first-order valence-electron chi connectivity index (χ1n) is 7.32. The molecule has 1 aromatic carbocycles. The summed E-state index contributed by atoms with van der Waals surface area (Å²) in [7, 11) is 0. The maximum atomic E-state index is 12.2. The van der Waals surface area contributed by atoms with Crippen molar-refractivity contribution in [1.29, 1.82) is 0 Å². The lowest BCUT2D eigenvalue weighted by Gasteiger charge is -2.16. The molecule has 1 heterocycles. The van der Waals surface area contributed by atoms with Gasteiger partial charge in [-0.15, -0.1) is 23.7 Å². The lowest BCUT2D eigenvalue weighted by Crippen LogP contribution is -2.32. The van der Waals surface area contributed by atoms with Crippen LogP contribution in [0.15, 0.2) is 29.6 Å². The van der Waals surface area contributed by atoms with Crippen molar-refractivity contribution in [2.24, 2.45) is 5.73 Å². The van der Waals surface area contributed by atoms with Gasteiger partial charge in [0, 0.05) is 28.8 Å². The maximum Gasteiger partial charge on any atom is 0.270 e. The molecule has 0 bridgehead atoms. The Hall–Kier alpha value is -1.14. The van der Waals surface area contributed by atoms with Crippen LogP contribution in [-0.2, 0) is 11.8 Å². The fraction of sp³-hybridized carbons (Fsp3) is 0.375. The van der Waals surface area contributed by atoms with Crippen LogP contribution in [0.2, 0.25) is 5.02 Å². The molecule has 1 aliphatic rings. The first-order valence-corrected chi connectivity index (χ1v) is 8.57. The number of nitrogens with two attached hydrogens (primary N) is 1. The number of nitrogens with zero attached hydrogens (tertiary/aromatic N) is 1. The van der Waals surface area contributed by atoms with Gasteiger partial charge in [0.15, 0.2) is 0 Å². The second-order valence-electron chi connectivity index (χ2n) is 5.64. The molecule has 0 radical (unpaired) electrons. The number of nitrogens with one attached hydrogen (secondary N) is 1. The molecule has 1 fully saturated rings. The topological polar surface area (TPSA) is 68.0 Å². The second-order valence-corrected chi connectivity index (χ2v) is 7.01. The molecule has 0 aliphatic heterocycles. The molecule has 1 aliphatic carbocycles. The van der Waals surface area contributed by atoms with Crippen LogP contribution in [0, 0.1) is 0 Å². The summed E-state index contributed by atoms with van der Waals surface area (Å²) < 4.78 is 0. The minimum atomic E-state index is -0.111. The van der Waals surface area contributed by atoms with E-state index < -0.39 is 0 Å². The number of aromatic nitrogens is 1. The van der Waals surface area contributed by atoms with Crippen LogP contribution in [0.25, 0.3) is 0 Å². The molecule has 3 N–H and O–H groups in total. The summed E-state index contributed by atoms with van der Waals surface area (Å²) >= 11 is 7.41. The van der Waals surface area contributed by atoms with Gasteiger partial charge in [-0.25, -0.2) is 4.98 Å². The molecule has 1 saturated carbocycles. The highest BCUT2D eigenvalue weighted by Crippen LogP contribution is 2.47. The van der Waals surface area contributed by atoms with Crippen LogP contribution in [0.4, 0.5) is 0 Å². The van der Waals surface area contributed by atoms with Crippen molar-refractivity contribution in [3.63, 3.8) is 0 Å². The number of halogens is 2. The maximum absolute atomic E-state index is 12.2. The van der Waals surface area contributed by atoms with Crippen LogP contribution < -0.4 is 11.1 Å². The second kappa shape index (κ2) is 7.62. The fourth-order valence-electron chi connectivity index (χ4n) is 2.52. The molecule has 1 aromatic heterocycles. The molecular weight excluding hydrogens is 353 g/mol. The Morgan fingerprint density at radius 3 is 2.65 bits per heavy atom. The fourth-order valence-corrected chi connectivity index (χ4v) is 3.44. The zero-order chi connectivity index (χ0) is 15.6. The lowest BCUT2D eigenvalue weighted by atomic mass is 9.96. The predicted molar refractivity (Wildman–Crippen MR) is 96.8 cm³/mol. The lowest BCUT2D eigenvalue weighted by molar-refractivity contribution is 0.0945. The number of carbonyl (C=O) groups is 1. The molecular formula is C16H19Cl2N3OS. The highest BCUT2D eigenvalue weighted by Gasteiger charge is 2.44. The van der Waals surface area contributed by atoms with E-state index in [0.717, 1.165) is 22.9 Å². The summed E-state index contributed by atoms with van der Waals surface area (Å²) in [4.78, 5) is 16.5. The van der Waals surface area contributed by atoms with E-state index >= 15 is 0 Å². The number of benzene rings is 1. The monoisotopic (exact) mass is 371 g/mol. The molecule has 0 unspecified atom stereocenters. The number of hydrogen-bond donors (Lipinski definition) is 2. The Balaban J connectivity index is 0.00000192. The Labute approximate surface area is 150 Å². The van der Waals surface area contributed by atoms with Gasteiger partial charge < -0.3 is 11.1 Å². The Kier molecular flexibility index (Phi) is 6.03. The summed E-state index contributed by atoms with van der Waals surface area (Å²) in [5.74, 6) is -0.111. The number of thiazole rings is 1. The first-order chi connectivity index (χ1) is 10.6. The molecule has 3 rings (SSSR count). The van der Waals surface area contributed by atoms with Gasteiger partial charge in [0.2, 0.25) is 0 Å². The summed E-state index contributed by atoms with van der Waals surface area (Å²) in [5, 5.41) is 6.45. The standard InChI is InChI=1S/C16H18ClN3OS.ClH/c17-12-3-1-11(2-4-12)16(6-7-16)10-19-15(21)13-9-22-14(20-13)5-8-18;/h1-4,9H,5-8,10,18H2,(H,19,21);1H. The SMILES string of the molecule is Cl.NCCc1nc(C(=O)NCC2(c3ccc(Cl)cc3)CC2)cs1. The molecule has 124 valence electrons. The van der Waals surface area contributed by atoms with E-state index in [4.69, 9.17) is 17.3 Å². The normalized spacial score (nSPS) is 14.9. The van der Waals surface area contributed by atoms with Gasteiger partial charge in [-0.1, -0.05) is 23.7 Å². The van der Waals surface area contributed by atoms with Crippen molar-refractivity contribution in [3.05, 3.63) is 50.9 Å². The van der Waals surface area contributed by atoms with Gasteiger partial charge in [-0.3, -0.25) is 4.79 Å². The first kappa shape index (κ1) is 18.2. The Bertz CT molecular complexity index is 668. The summed E-state index contributed by atoms with van der Waals surface area (Å²) in [6.07, 6.45) is 2.89. The van der Waals surface area contributed by atoms with Gasteiger partial charge in [-0.2, -0.15) is 0 Å². The van der Waals surface area contributed by atoms with Crippen molar-refractivity contribution >= 4 is 41.3 Å². The van der Waals surface area contributed by atoms with Crippen molar-refractivity contribution < 1.29 is 4.79 Å². The average molecular weight is 372 g/mol.